The first-order valence-electron chi connectivity index (χ1n) is 13.6. The Morgan fingerprint density at radius 2 is 1.50 bits per heavy atom. The quantitative estimate of drug-likeness (QED) is 0.228. The lowest BCUT2D eigenvalue weighted by Crippen LogP contribution is -2.34. The average molecular weight is 559 g/mol. The Hall–Kier alpha value is -3.35. The van der Waals surface area contributed by atoms with Crippen LogP contribution in [0, 0.1) is 6.92 Å². The largest absolute Gasteiger partial charge is 0.455 e. The molecule has 1 aliphatic rings. The molecule has 2 aromatic rings. The zero-order valence-electron chi connectivity index (χ0n) is 24.2. The second kappa shape index (κ2) is 13.8. The molecule has 3 rings (SSSR count). The van der Waals surface area contributed by atoms with Crippen LogP contribution >= 0.6 is 0 Å². The summed E-state index contributed by atoms with van der Waals surface area (Å²) < 4.78 is 50.1. The molecule has 0 radical (unpaired) electrons. The predicted molar refractivity (Wildman–Crippen MR) is 152 cm³/mol. The van der Waals surface area contributed by atoms with Crippen molar-refractivity contribution in [1.29, 1.82) is 0 Å². The number of hydrogen-bond donors (Lipinski definition) is 0. The second-order valence-corrected chi connectivity index (χ2v) is 11.0. The standard InChI is InChI=1S/C18H21F3O2.C15H20O2/c1-12(2)16(22)23-17(6-4-5-7-17)11-14-8-13(3)9-15(10-14)18(19,20)21;1-5-11-15(4,17-14(16)12(2)3)13-9-7-6-8-10-13/h8-10H,1,4-7,11H2,2-3H3;6-10H,2,5,11H2,1,3-4H3. The van der Waals surface area contributed by atoms with E-state index < -0.39 is 28.9 Å². The maximum Gasteiger partial charge on any atom is 0.416 e. The van der Waals surface area contributed by atoms with Gasteiger partial charge in [-0.25, -0.2) is 9.59 Å². The van der Waals surface area contributed by atoms with Crippen LogP contribution in [0.1, 0.15) is 88.5 Å². The van der Waals surface area contributed by atoms with E-state index in [0.29, 0.717) is 41.5 Å². The number of aryl methyl sites for hydroxylation is 1. The molecule has 0 heterocycles. The Labute approximate surface area is 236 Å². The van der Waals surface area contributed by atoms with E-state index in [1.807, 2.05) is 37.3 Å². The number of hydrogen-bond acceptors (Lipinski definition) is 4. The van der Waals surface area contributed by atoms with Gasteiger partial charge in [0.15, 0.2) is 0 Å². The van der Waals surface area contributed by atoms with E-state index in [1.165, 1.54) is 0 Å². The van der Waals surface area contributed by atoms with E-state index in [0.717, 1.165) is 43.4 Å². The summed E-state index contributed by atoms with van der Waals surface area (Å²) in [4.78, 5) is 23.6. The van der Waals surface area contributed by atoms with Gasteiger partial charge in [0.2, 0.25) is 0 Å². The number of benzene rings is 2. The van der Waals surface area contributed by atoms with Crippen molar-refractivity contribution in [2.75, 3.05) is 0 Å². The fourth-order valence-corrected chi connectivity index (χ4v) is 4.93. The van der Waals surface area contributed by atoms with Crippen molar-refractivity contribution in [1.82, 2.24) is 0 Å². The first kappa shape index (κ1) is 32.9. The first-order valence-corrected chi connectivity index (χ1v) is 13.6. The number of carbonyl (C=O) groups is 2. The Morgan fingerprint density at radius 3 is 2.00 bits per heavy atom. The van der Waals surface area contributed by atoms with Gasteiger partial charge in [0, 0.05) is 17.6 Å². The zero-order valence-corrected chi connectivity index (χ0v) is 24.2. The third-order valence-corrected chi connectivity index (χ3v) is 6.94. The molecule has 218 valence electrons. The van der Waals surface area contributed by atoms with Gasteiger partial charge in [-0.3, -0.25) is 0 Å². The molecular formula is C33H41F3O4. The van der Waals surface area contributed by atoms with Crippen LogP contribution in [-0.4, -0.2) is 17.5 Å². The lowest BCUT2D eigenvalue weighted by atomic mass is 9.90. The Kier molecular flexibility index (Phi) is 11.4. The molecule has 40 heavy (non-hydrogen) atoms. The maximum atomic E-state index is 13.0. The molecule has 2 aromatic carbocycles. The summed E-state index contributed by atoms with van der Waals surface area (Å²) >= 11 is 0. The van der Waals surface area contributed by atoms with Gasteiger partial charge in [-0.2, -0.15) is 13.2 Å². The normalized spacial score (nSPS) is 15.7. The summed E-state index contributed by atoms with van der Waals surface area (Å²) in [6, 6.07) is 13.9. The second-order valence-electron chi connectivity index (χ2n) is 11.0. The molecule has 0 N–H and O–H groups in total. The smallest absolute Gasteiger partial charge is 0.416 e. The van der Waals surface area contributed by atoms with Crippen LogP contribution in [-0.2, 0) is 37.3 Å². The number of carbonyl (C=O) groups excluding carboxylic acids is 2. The maximum absolute atomic E-state index is 13.0. The van der Waals surface area contributed by atoms with Gasteiger partial charge < -0.3 is 9.47 Å². The van der Waals surface area contributed by atoms with Crippen LogP contribution in [0.15, 0.2) is 72.8 Å². The molecule has 1 aliphatic carbocycles. The van der Waals surface area contributed by atoms with Crippen LogP contribution in [0.3, 0.4) is 0 Å². The molecule has 0 bridgehead atoms. The van der Waals surface area contributed by atoms with Gasteiger partial charge in [-0.1, -0.05) is 68.5 Å². The molecule has 0 spiro atoms. The molecule has 1 saturated carbocycles. The molecule has 0 aliphatic heterocycles. The predicted octanol–water partition coefficient (Wildman–Crippen LogP) is 8.81. The van der Waals surface area contributed by atoms with Crippen molar-refractivity contribution >= 4 is 11.9 Å². The summed E-state index contributed by atoms with van der Waals surface area (Å²) in [5, 5.41) is 0. The van der Waals surface area contributed by atoms with Gasteiger partial charge in [-0.15, -0.1) is 0 Å². The van der Waals surface area contributed by atoms with E-state index in [2.05, 4.69) is 20.1 Å². The number of rotatable bonds is 9. The third-order valence-electron chi connectivity index (χ3n) is 6.94. The lowest BCUT2D eigenvalue weighted by Gasteiger charge is -2.30. The SMILES string of the molecule is C=C(C)C(=O)OC(C)(CCC)c1ccccc1.C=C(C)C(=O)OC1(Cc2cc(C)cc(C(F)(F)F)c2)CCCC1. The monoisotopic (exact) mass is 558 g/mol. The topological polar surface area (TPSA) is 52.6 Å². The molecule has 4 nitrogen and oxygen atoms in total. The lowest BCUT2D eigenvalue weighted by molar-refractivity contribution is -0.155. The first-order chi connectivity index (χ1) is 18.6. The van der Waals surface area contributed by atoms with Crippen LogP contribution in [0.25, 0.3) is 0 Å². The van der Waals surface area contributed by atoms with Crippen LogP contribution in [0.2, 0.25) is 0 Å². The number of ether oxygens (including phenoxy) is 2. The minimum atomic E-state index is -4.38. The molecule has 1 fully saturated rings. The van der Waals surface area contributed by atoms with Gasteiger partial charge in [0.1, 0.15) is 11.2 Å². The number of alkyl halides is 3. The van der Waals surface area contributed by atoms with Gasteiger partial charge in [0.05, 0.1) is 5.56 Å². The molecular weight excluding hydrogens is 517 g/mol. The summed E-state index contributed by atoms with van der Waals surface area (Å²) in [6.45, 7) is 16.1. The van der Waals surface area contributed by atoms with Gasteiger partial charge >= 0.3 is 18.1 Å². The summed E-state index contributed by atoms with van der Waals surface area (Å²) in [5.74, 6) is -0.805. The van der Waals surface area contributed by atoms with E-state index in [-0.39, 0.29) is 5.97 Å². The number of esters is 2. The van der Waals surface area contributed by atoms with E-state index >= 15 is 0 Å². The fraction of sp³-hybridized carbons (Fsp3) is 0.455. The van der Waals surface area contributed by atoms with Crippen LogP contribution < -0.4 is 0 Å². The Morgan fingerprint density at radius 1 is 0.925 bits per heavy atom. The fourth-order valence-electron chi connectivity index (χ4n) is 4.93. The molecule has 1 atom stereocenters. The molecule has 1 unspecified atom stereocenters. The van der Waals surface area contributed by atoms with Crippen molar-refractivity contribution < 1.29 is 32.2 Å². The van der Waals surface area contributed by atoms with Crippen molar-refractivity contribution in [3.63, 3.8) is 0 Å². The highest BCUT2D eigenvalue weighted by Crippen LogP contribution is 2.38. The number of halogens is 3. The Bertz CT molecular complexity index is 1190. The molecule has 0 amide bonds. The van der Waals surface area contributed by atoms with E-state index in [4.69, 9.17) is 9.47 Å². The highest BCUT2D eigenvalue weighted by atomic mass is 19.4. The molecule has 0 aromatic heterocycles. The van der Waals surface area contributed by atoms with Crippen molar-refractivity contribution in [2.24, 2.45) is 0 Å². The zero-order chi connectivity index (χ0) is 30.1. The van der Waals surface area contributed by atoms with Crippen LogP contribution in [0.4, 0.5) is 13.2 Å². The Balaban J connectivity index is 0.000000294. The van der Waals surface area contributed by atoms with Gasteiger partial charge in [-0.05, 0) is 83.1 Å². The van der Waals surface area contributed by atoms with Gasteiger partial charge in [0.25, 0.3) is 0 Å². The van der Waals surface area contributed by atoms with Crippen molar-refractivity contribution in [3.8, 4) is 0 Å². The van der Waals surface area contributed by atoms with Crippen molar-refractivity contribution in [2.45, 2.75) is 96.9 Å². The third kappa shape index (κ3) is 9.39. The average Bonchev–Trinajstić information content (AvgIpc) is 3.31. The highest BCUT2D eigenvalue weighted by molar-refractivity contribution is 5.87. The minimum Gasteiger partial charge on any atom is -0.455 e. The summed E-state index contributed by atoms with van der Waals surface area (Å²) in [5.41, 5.74) is 0.921. The van der Waals surface area contributed by atoms with E-state index in [1.54, 1.807) is 26.8 Å². The minimum absolute atomic E-state index is 0.302. The summed E-state index contributed by atoms with van der Waals surface area (Å²) in [7, 11) is 0. The molecule has 7 heteroatoms. The van der Waals surface area contributed by atoms with E-state index in [9.17, 15) is 22.8 Å². The molecule has 0 saturated heterocycles. The summed E-state index contributed by atoms with van der Waals surface area (Å²) in [6.07, 6.45) is 0.825. The highest BCUT2D eigenvalue weighted by Gasteiger charge is 2.39. The van der Waals surface area contributed by atoms with Crippen molar-refractivity contribution in [3.05, 3.63) is 95.1 Å². The van der Waals surface area contributed by atoms with Crippen LogP contribution in [0.5, 0.6) is 0 Å².